The second-order valence-corrected chi connectivity index (χ2v) is 4.62. The molecule has 0 aromatic heterocycles. The van der Waals surface area contributed by atoms with Gasteiger partial charge in [0, 0.05) is 11.0 Å². The van der Waals surface area contributed by atoms with E-state index in [4.69, 9.17) is 5.14 Å². The third-order valence-electron chi connectivity index (χ3n) is 2.93. The number of hydrogen-bond donors (Lipinski definition) is 1. The number of nitrogens with two attached hydrogens (primary N) is 1. The fourth-order valence-corrected chi connectivity index (χ4v) is 2.34. The van der Waals surface area contributed by atoms with Gasteiger partial charge in [-0.05, 0) is 43.5 Å². The Bertz CT molecular complexity index is 434. The van der Waals surface area contributed by atoms with Gasteiger partial charge >= 0.3 is 0 Å². The van der Waals surface area contributed by atoms with Crippen LogP contribution in [-0.4, -0.2) is 6.72 Å². The highest BCUT2D eigenvalue weighted by Gasteiger charge is 2.27. The summed E-state index contributed by atoms with van der Waals surface area (Å²) < 4.78 is 0. The van der Waals surface area contributed by atoms with E-state index in [1.165, 1.54) is 41.5 Å². The molecule has 0 saturated heterocycles. The maximum absolute atomic E-state index is 5.49. The quantitative estimate of drug-likeness (QED) is 0.637. The molecular weight excluding hydrogens is 216 g/mol. The molecule has 0 amide bonds. The first-order valence-electron chi connectivity index (χ1n) is 5.40. The summed E-state index contributed by atoms with van der Waals surface area (Å²) in [6.07, 6.45) is 2.58. The Morgan fingerprint density at radius 1 is 1.56 bits per heavy atom. The zero-order valence-electron chi connectivity index (χ0n) is 9.44. The van der Waals surface area contributed by atoms with Crippen molar-refractivity contribution in [2.75, 3.05) is 0 Å². The molecule has 0 radical (unpaired) electrons. The van der Waals surface area contributed by atoms with Crippen LogP contribution in [0.25, 0.3) is 5.70 Å². The second kappa shape index (κ2) is 4.85. The largest absolute Gasteiger partial charge is 0.274 e. The van der Waals surface area contributed by atoms with E-state index in [1.807, 2.05) is 5.41 Å². The predicted molar refractivity (Wildman–Crippen MR) is 72.5 cm³/mol. The number of benzene rings is 1. The molecule has 2 N–H and O–H groups in total. The van der Waals surface area contributed by atoms with Crippen LogP contribution < -0.4 is 5.14 Å². The minimum absolute atomic E-state index is 0.711. The summed E-state index contributed by atoms with van der Waals surface area (Å²) in [5.74, 6) is 0.711. The Kier molecular flexibility index (Phi) is 3.46. The molecular formula is C13H16N2S. The molecule has 84 valence electrons. The summed E-state index contributed by atoms with van der Waals surface area (Å²) >= 11 is 1.18. The molecule has 1 aliphatic rings. The van der Waals surface area contributed by atoms with Gasteiger partial charge in [0.15, 0.2) is 0 Å². The number of aryl methyl sites for hydroxylation is 1. The van der Waals surface area contributed by atoms with Gasteiger partial charge in [0.2, 0.25) is 0 Å². The van der Waals surface area contributed by atoms with E-state index in [0.717, 1.165) is 5.70 Å². The molecule has 1 aliphatic carbocycles. The highest BCUT2D eigenvalue weighted by atomic mass is 32.2. The minimum Gasteiger partial charge on any atom is -0.274 e. The van der Waals surface area contributed by atoms with Crippen molar-refractivity contribution in [3.05, 3.63) is 40.3 Å². The van der Waals surface area contributed by atoms with Crippen LogP contribution in [0.1, 0.15) is 35.4 Å². The van der Waals surface area contributed by atoms with E-state index in [9.17, 15) is 0 Å². The van der Waals surface area contributed by atoms with Crippen molar-refractivity contribution >= 4 is 24.4 Å². The van der Waals surface area contributed by atoms with E-state index in [0.29, 0.717) is 5.92 Å². The highest BCUT2D eigenvalue weighted by Crippen LogP contribution is 2.44. The summed E-state index contributed by atoms with van der Waals surface area (Å²) in [7, 11) is 0. The molecule has 0 bridgehead atoms. The summed E-state index contributed by atoms with van der Waals surface area (Å²) in [6, 6.07) is 6.42. The van der Waals surface area contributed by atoms with Gasteiger partial charge in [-0.15, -0.1) is 0 Å². The maximum Gasteiger partial charge on any atom is 0.0776 e. The summed E-state index contributed by atoms with van der Waals surface area (Å²) in [5.41, 5.74) is 4.76. The van der Waals surface area contributed by atoms with E-state index in [2.05, 4.69) is 36.8 Å². The molecule has 1 fully saturated rings. The first-order chi connectivity index (χ1) is 7.77. The van der Waals surface area contributed by atoms with Crippen LogP contribution in [-0.2, 0) is 0 Å². The fraction of sp³-hybridized carbons (Fsp3) is 0.308. The number of aliphatic imine (C=N–C) groups is 1. The Morgan fingerprint density at radius 2 is 2.31 bits per heavy atom. The standard InChI is InChI=1S/C13H16N2S/c1-9-4-3-5-11(10-6-7-10)13(9)12(15-2)8-16-14/h3-5,8,10H,2,6-7,14H2,1H3/b12-8-. The van der Waals surface area contributed by atoms with Crippen LogP contribution >= 0.6 is 11.9 Å². The van der Waals surface area contributed by atoms with Crippen molar-refractivity contribution in [1.82, 2.24) is 0 Å². The third kappa shape index (κ3) is 2.20. The minimum atomic E-state index is 0.711. The van der Waals surface area contributed by atoms with Gasteiger partial charge < -0.3 is 0 Å². The number of hydrogen-bond acceptors (Lipinski definition) is 3. The van der Waals surface area contributed by atoms with Crippen LogP contribution in [0.5, 0.6) is 0 Å². The van der Waals surface area contributed by atoms with Crippen molar-refractivity contribution in [2.24, 2.45) is 10.1 Å². The molecule has 0 heterocycles. The van der Waals surface area contributed by atoms with Gasteiger partial charge in [-0.25, -0.2) is 0 Å². The molecule has 3 heteroatoms. The maximum atomic E-state index is 5.49. The molecule has 1 aromatic rings. The smallest absolute Gasteiger partial charge is 0.0776 e. The monoisotopic (exact) mass is 232 g/mol. The second-order valence-electron chi connectivity index (χ2n) is 4.11. The lowest BCUT2D eigenvalue weighted by Gasteiger charge is -2.12. The van der Waals surface area contributed by atoms with Gasteiger partial charge in [0.05, 0.1) is 5.70 Å². The first-order valence-corrected chi connectivity index (χ1v) is 6.34. The van der Waals surface area contributed by atoms with Gasteiger partial charge in [-0.1, -0.05) is 30.1 Å². The van der Waals surface area contributed by atoms with Crippen LogP contribution in [0, 0.1) is 6.92 Å². The first kappa shape index (κ1) is 11.4. The summed E-state index contributed by atoms with van der Waals surface area (Å²) in [6.45, 7) is 5.74. The van der Waals surface area contributed by atoms with E-state index in [-0.39, 0.29) is 0 Å². The van der Waals surface area contributed by atoms with Crippen molar-refractivity contribution in [2.45, 2.75) is 25.7 Å². The lowest BCUT2D eigenvalue weighted by molar-refractivity contribution is 1.10. The van der Waals surface area contributed by atoms with Crippen LogP contribution in [0.2, 0.25) is 0 Å². The fourth-order valence-electron chi connectivity index (χ4n) is 2.01. The van der Waals surface area contributed by atoms with Crippen molar-refractivity contribution < 1.29 is 0 Å². The van der Waals surface area contributed by atoms with Crippen molar-refractivity contribution in [3.8, 4) is 0 Å². The Morgan fingerprint density at radius 3 is 2.88 bits per heavy atom. The van der Waals surface area contributed by atoms with Crippen LogP contribution in [0.4, 0.5) is 0 Å². The van der Waals surface area contributed by atoms with Gasteiger partial charge in [-0.2, -0.15) is 0 Å². The van der Waals surface area contributed by atoms with Gasteiger partial charge in [0.25, 0.3) is 0 Å². The van der Waals surface area contributed by atoms with E-state index in [1.54, 1.807) is 0 Å². The third-order valence-corrected chi connectivity index (χ3v) is 3.29. The Hall–Kier alpha value is -1.06. The molecule has 0 atom stereocenters. The summed E-state index contributed by atoms with van der Waals surface area (Å²) in [5, 5.41) is 7.35. The van der Waals surface area contributed by atoms with E-state index >= 15 is 0 Å². The molecule has 2 nitrogen and oxygen atoms in total. The average molecular weight is 232 g/mol. The molecule has 1 saturated carbocycles. The van der Waals surface area contributed by atoms with E-state index < -0.39 is 0 Å². The van der Waals surface area contributed by atoms with Crippen LogP contribution in [0.15, 0.2) is 28.6 Å². The molecule has 16 heavy (non-hydrogen) atoms. The molecule has 2 rings (SSSR count). The zero-order chi connectivity index (χ0) is 11.5. The lowest BCUT2D eigenvalue weighted by atomic mass is 9.96. The topological polar surface area (TPSA) is 38.4 Å². The molecule has 1 aromatic carbocycles. The molecule has 0 spiro atoms. The number of rotatable bonds is 4. The SMILES string of the molecule is C=N/C(=C\SN)c1c(C)cccc1C1CC1. The lowest BCUT2D eigenvalue weighted by Crippen LogP contribution is -1.94. The molecule has 0 aliphatic heterocycles. The highest BCUT2D eigenvalue weighted by molar-refractivity contribution is 8.00. The van der Waals surface area contributed by atoms with Crippen molar-refractivity contribution in [1.29, 1.82) is 0 Å². The van der Waals surface area contributed by atoms with Crippen molar-refractivity contribution in [3.63, 3.8) is 0 Å². The van der Waals surface area contributed by atoms with Gasteiger partial charge in [0.1, 0.15) is 0 Å². The molecule has 0 unspecified atom stereocenters. The number of nitrogens with zero attached hydrogens (tertiary/aromatic N) is 1. The zero-order valence-corrected chi connectivity index (χ0v) is 10.3. The predicted octanol–water partition coefficient (Wildman–Crippen LogP) is 3.48. The Balaban J connectivity index is 2.51. The Labute approximate surface area is 101 Å². The van der Waals surface area contributed by atoms with Gasteiger partial charge in [-0.3, -0.25) is 10.1 Å². The average Bonchev–Trinajstić information content (AvgIpc) is 3.10. The van der Waals surface area contributed by atoms with Crippen LogP contribution in [0.3, 0.4) is 0 Å². The normalized spacial score (nSPS) is 16.2. The summed E-state index contributed by atoms with van der Waals surface area (Å²) in [4.78, 5) is 4.09.